The number of hydrogen-bond donors (Lipinski definition) is 3. The fourth-order valence-electron chi connectivity index (χ4n) is 2.06. The lowest BCUT2D eigenvalue weighted by Crippen LogP contribution is -2.36. The molecule has 0 atom stereocenters. The Bertz CT molecular complexity index is 962. The number of anilines is 1. The molecule has 0 saturated carbocycles. The second-order valence-corrected chi connectivity index (χ2v) is 7.83. The van der Waals surface area contributed by atoms with Crippen molar-refractivity contribution in [3.05, 3.63) is 46.4 Å². The van der Waals surface area contributed by atoms with Gasteiger partial charge in [0.1, 0.15) is 10.7 Å². The van der Waals surface area contributed by atoms with E-state index in [2.05, 4.69) is 10.3 Å². The van der Waals surface area contributed by atoms with Gasteiger partial charge < -0.3 is 15.5 Å². The van der Waals surface area contributed by atoms with Gasteiger partial charge in [-0.1, -0.05) is 6.07 Å². The van der Waals surface area contributed by atoms with Crippen LogP contribution in [0.15, 0.2) is 46.4 Å². The number of carboxylic acid groups (broad SMARTS) is 1. The Morgan fingerprint density at radius 1 is 1.27 bits per heavy atom. The maximum atomic E-state index is 12.4. The van der Waals surface area contributed by atoms with Gasteiger partial charge in [0.25, 0.3) is 21.9 Å². The number of aliphatic carboxylic acids is 1. The number of nitrogens with one attached hydrogen (secondary N) is 1. The number of aliphatic hydroxyl groups is 1. The van der Waals surface area contributed by atoms with E-state index in [9.17, 15) is 18.3 Å². The molecule has 3 heterocycles. The summed E-state index contributed by atoms with van der Waals surface area (Å²) in [7, 11) is -2.63. The molecule has 1 aliphatic heterocycles. The van der Waals surface area contributed by atoms with Gasteiger partial charge in [0, 0.05) is 20.2 Å². The zero-order valence-electron chi connectivity index (χ0n) is 13.7. The van der Waals surface area contributed by atoms with Crippen LogP contribution in [0.1, 0.15) is 11.8 Å². The van der Waals surface area contributed by atoms with Crippen LogP contribution < -0.4 is 5.32 Å². The lowest BCUT2D eigenvalue weighted by Gasteiger charge is -2.26. The fourth-order valence-corrected chi connectivity index (χ4v) is 4.62. The molecule has 0 fully saturated rings. The van der Waals surface area contributed by atoms with Crippen LogP contribution in [0.4, 0.5) is 5.82 Å². The average molecular weight is 397 g/mol. The molecule has 0 unspecified atom stereocenters. The normalized spacial score (nSPS) is 14.8. The SMILES string of the molecule is CC(=O)O.CN1C(C(=O)Nc2ccccn2)=C(O)c2sccc2S1(=O)=O. The highest BCUT2D eigenvalue weighted by Crippen LogP contribution is 2.38. The van der Waals surface area contributed by atoms with Crippen molar-refractivity contribution in [1.82, 2.24) is 9.29 Å². The van der Waals surface area contributed by atoms with Crippen molar-refractivity contribution in [2.75, 3.05) is 12.4 Å². The van der Waals surface area contributed by atoms with Crippen molar-refractivity contribution >= 4 is 44.8 Å². The van der Waals surface area contributed by atoms with E-state index in [1.807, 2.05) is 0 Å². The lowest BCUT2D eigenvalue weighted by molar-refractivity contribution is -0.134. The molecule has 0 aliphatic carbocycles. The van der Waals surface area contributed by atoms with Crippen LogP contribution in [-0.2, 0) is 19.6 Å². The third-order valence-corrected chi connectivity index (χ3v) is 5.99. The Morgan fingerprint density at radius 2 is 1.92 bits per heavy atom. The number of aromatic nitrogens is 1. The van der Waals surface area contributed by atoms with Crippen LogP contribution in [0.3, 0.4) is 0 Å². The minimum Gasteiger partial charge on any atom is -0.504 e. The molecular formula is C15H15N3O6S2. The maximum absolute atomic E-state index is 12.4. The predicted molar refractivity (Wildman–Crippen MR) is 95.0 cm³/mol. The number of carboxylic acids is 1. The van der Waals surface area contributed by atoms with Crippen LogP contribution in [0.25, 0.3) is 5.76 Å². The highest BCUT2D eigenvalue weighted by Gasteiger charge is 2.38. The van der Waals surface area contributed by atoms with Crippen LogP contribution in [0.5, 0.6) is 0 Å². The van der Waals surface area contributed by atoms with Crippen molar-refractivity contribution in [2.24, 2.45) is 0 Å². The molecule has 2 aromatic heterocycles. The molecule has 0 spiro atoms. The molecule has 0 aromatic carbocycles. The summed E-state index contributed by atoms with van der Waals surface area (Å²) in [5.74, 6) is -1.69. The molecule has 2 aromatic rings. The second-order valence-electron chi connectivity index (χ2n) is 4.97. The smallest absolute Gasteiger partial charge is 0.300 e. The first-order chi connectivity index (χ1) is 12.2. The number of amides is 1. The van der Waals surface area contributed by atoms with Crippen LogP contribution in [-0.4, -0.2) is 46.8 Å². The largest absolute Gasteiger partial charge is 0.504 e. The monoisotopic (exact) mass is 397 g/mol. The van der Waals surface area contributed by atoms with Gasteiger partial charge in [-0.3, -0.25) is 13.9 Å². The number of aliphatic hydroxyl groups excluding tert-OH is 1. The molecule has 0 radical (unpaired) electrons. The number of carbonyl (C=O) groups excluding carboxylic acids is 1. The summed E-state index contributed by atoms with van der Waals surface area (Å²) < 4.78 is 25.5. The highest BCUT2D eigenvalue weighted by molar-refractivity contribution is 7.89. The Labute approximate surface area is 153 Å². The summed E-state index contributed by atoms with van der Waals surface area (Å²) >= 11 is 1.06. The van der Waals surface area contributed by atoms with Crippen LogP contribution in [0, 0.1) is 0 Å². The van der Waals surface area contributed by atoms with Gasteiger partial charge in [-0.2, -0.15) is 0 Å². The van der Waals surface area contributed by atoms with E-state index in [1.165, 1.54) is 19.3 Å². The molecule has 26 heavy (non-hydrogen) atoms. The number of thiophene rings is 1. The molecule has 0 bridgehead atoms. The minimum absolute atomic E-state index is 0.00751. The van der Waals surface area contributed by atoms with Crippen LogP contribution >= 0.6 is 11.3 Å². The molecule has 3 N–H and O–H groups in total. The standard InChI is InChI=1S/C13H11N3O4S2.C2H4O2/c1-16-10(13(18)15-9-4-2-3-6-14-9)11(17)12-8(5-7-21-12)22(16,19)20;1-2(3)4/h2-7,17H,1H3,(H,14,15,18);1H3,(H,3,4). The number of carbonyl (C=O) groups is 2. The predicted octanol–water partition coefficient (Wildman–Crippen LogP) is 1.73. The van der Waals surface area contributed by atoms with Crippen molar-refractivity contribution < 1.29 is 28.2 Å². The van der Waals surface area contributed by atoms with Gasteiger partial charge in [0.15, 0.2) is 11.5 Å². The number of hydrogen-bond acceptors (Lipinski definition) is 7. The zero-order chi connectivity index (χ0) is 19.5. The summed E-state index contributed by atoms with van der Waals surface area (Å²) in [5.41, 5.74) is -0.333. The molecule has 11 heteroatoms. The van der Waals surface area contributed by atoms with Gasteiger partial charge >= 0.3 is 0 Å². The van der Waals surface area contributed by atoms with E-state index in [4.69, 9.17) is 9.90 Å². The third-order valence-electron chi connectivity index (χ3n) is 3.14. The molecule has 3 rings (SSSR count). The Hall–Kier alpha value is -2.92. The van der Waals surface area contributed by atoms with E-state index in [1.54, 1.807) is 23.6 Å². The average Bonchev–Trinajstić information content (AvgIpc) is 3.05. The summed E-state index contributed by atoms with van der Waals surface area (Å²) in [6, 6.07) is 6.32. The van der Waals surface area contributed by atoms with Gasteiger partial charge in [0.2, 0.25) is 0 Å². The second kappa shape index (κ2) is 7.54. The topological polar surface area (TPSA) is 137 Å². The van der Waals surface area contributed by atoms with Crippen molar-refractivity contribution in [2.45, 2.75) is 11.8 Å². The maximum Gasteiger partial charge on any atom is 0.300 e. The lowest BCUT2D eigenvalue weighted by atomic mass is 10.3. The van der Waals surface area contributed by atoms with Gasteiger partial charge in [-0.05, 0) is 23.6 Å². The first kappa shape index (κ1) is 19.4. The molecule has 0 saturated heterocycles. The summed E-state index contributed by atoms with van der Waals surface area (Å²) in [4.78, 5) is 25.4. The van der Waals surface area contributed by atoms with Crippen molar-refractivity contribution in [3.63, 3.8) is 0 Å². The van der Waals surface area contributed by atoms with E-state index in [0.717, 1.165) is 22.6 Å². The number of likely N-dealkylation sites (N-methyl/N-ethyl adjacent to an activating group) is 1. The molecule has 1 aliphatic rings. The van der Waals surface area contributed by atoms with Gasteiger partial charge in [-0.15, -0.1) is 11.3 Å². The number of sulfonamides is 1. The summed E-state index contributed by atoms with van der Waals surface area (Å²) in [6.07, 6.45) is 1.49. The first-order valence-corrected chi connectivity index (χ1v) is 9.40. The Kier molecular flexibility index (Phi) is 5.63. The zero-order valence-corrected chi connectivity index (χ0v) is 15.3. The third kappa shape index (κ3) is 3.83. The molecule has 138 valence electrons. The van der Waals surface area contributed by atoms with Crippen molar-refractivity contribution in [3.8, 4) is 0 Å². The van der Waals surface area contributed by atoms with Gasteiger partial charge in [0.05, 0.1) is 4.88 Å². The van der Waals surface area contributed by atoms with E-state index >= 15 is 0 Å². The summed E-state index contributed by atoms with van der Waals surface area (Å²) in [5, 5.41) is 21.7. The van der Waals surface area contributed by atoms with Gasteiger partial charge in [-0.25, -0.2) is 13.4 Å². The number of fused-ring (bicyclic) bond motifs is 1. The first-order valence-electron chi connectivity index (χ1n) is 7.08. The highest BCUT2D eigenvalue weighted by atomic mass is 32.2. The van der Waals surface area contributed by atoms with Crippen molar-refractivity contribution in [1.29, 1.82) is 0 Å². The Balaban J connectivity index is 0.000000552. The number of rotatable bonds is 2. The van der Waals surface area contributed by atoms with Crippen LogP contribution in [0.2, 0.25) is 0 Å². The Morgan fingerprint density at radius 3 is 2.50 bits per heavy atom. The number of nitrogens with zero attached hydrogens (tertiary/aromatic N) is 2. The van der Waals surface area contributed by atoms with E-state index < -0.39 is 21.9 Å². The van der Waals surface area contributed by atoms with E-state index in [-0.39, 0.29) is 27.0 Å². The summed E-state index contributed by atoms with van der Waals surface area (Å²) in [6.45, 7) is 1.08. The number of pyridine rings is 1. The molecule has 9 nitrogen and oxygen atoms in total. The fraction of sp³-hybridized carbons (Fsp3) is 0.133. The quantitative estimate of drug-likeness (QED) is 0.702. The van der Waals surface area contributed by atoms with E-state index in [0.29, 0.717) is 0 Å². The molecule has 1 amide bonds. The molecular weight excluding hydrogens is 382 g/mol. The minimum atomic E-state index is -3.85.